The van der Waals surface area contributed by atoms with Crippen LogP contribution in [0.3, 0.4) is 0 Å². The van der Waals surface area contributed by atoms with Gasteiger partial charge in [-0.05, 0) is 26.0 Å². The minimum Gasteiger partial charge on any atom is -0.505 e. The van der Waals surface area contributed by atoms with Gasteiger partial charge in [-0.25, -0.2) is 4.98 Å². The molecule has 16 heavy (non-hydrogen) atoms. The third-order valence-corrected chi connectivity index (χ3v) is 1.71. The molecule has 6 heteroatoms. The molecular formula is C10H16ClN3O2. The quantitative estimate of drug-likeness (QED) is 0.731. The number of halogens is 1. The highest BCUT2D eigenvalue weighted by Crippen LogP contribution is 2.11. The van der Waals surface area contributed by atoms with E-state index < -0.39 is 11.4 Å². The Balaban J connectivity index is 0.00000225. The third-order valence-electron chi connectivity index (χ3n) is 1.71. The molecule has 0 radical (unpaired) electrons. The van der Waals surface area contributed by atoms with Gasteiger partial charge in [0.2, 0.25) is 0 Å². The predicted octanol–water partition coefficient (Wildman–Crippen LogP) is 0.676. The van der Waals surface area contributed by atoms with Crippen LogP contribution in [-0.2, 0) is 0 Å². The summed E-state index contributed by atoms with van der Waals surface area (Å²) in [4.78, 5) is 15.3. The SMILES string of the molecule is CC(C)(N)CNC(=O)c1ncccc1O.Cl. The lowest BCUT2D eigenvalue weighted by Crippen LogP contribution is -2.45. The Labute approximate surface area is 100 Å². The molecule has 0 bridgehead atoms. The Morgan fingerprint density at radius 1 is 1.62 bits per heavy atom. The van der Waals surface area contributed by atoms with Crippen LogP contribution in [0.5, 0.6) is 5.75 Å². The lowest BCUT2D eigenvalue weighted by molar-refractivity contribution is 0.0938. The van der Waals surface area contributed by atoms with E-state index in [4.69, 9.17) is 5.73 Å². The molecule has 1 aromatic heterocycles. The molecule has 0 saturated carbocycles. The van der Waals surface area contributed by atoms with E-state index in [0.29, 0.717) is 6.54 Å². The maximum absolute atomic E-state index is 11.5. The first-order valence-corrected chi connectivity index (χ1v) is 4.61. The smallest absolute Gasteiger partial charge is 0.273 e. The van der Waals surface area contributed by atoms with Gasteiger partial charge < -0.3 is 16.2 Å². The van der Waals surface area contributed by atoms with E-state index in [2.05, 4.69) is 10.3 Å². The van der Waals surface area contributed by atoms with E-state index in [1.54, 1.807) is 19.9 Å². The van der Waals surface area contributed by atoms with Gasteiger partial charge in [0.05, 0.1) is 0 Å². The summed E-state index contributed by atoms with van der Waals surface area (Å²) in [5, 5.41) is 11.9. The van der Waals surface area contributed by atoms with Crippen molar-refractivity contribution < 1.29 is 9.90 Å². The highest BCUT2D eigenvalue weighted by atomic mass is 35.5. The van der Waals surface area contributed by atoms with Gasteiger partial charge in [-0.3, -0.25) is 4.79 Å². The van der Waals surface area contributed by atoms with E-state index in [0.717, 1.165) is 0 Å². The molecule has 0 saturated heterocycles. The van der Waals surface area contributed by atoms with Crippen molar-refractivity contribution in [1.82, 2.24) is 10.3 Å². The summed E-state index contributed by atoms with van der Waals surface area (Å²) in [6.07, 6.45) is 1.45. The van der Waals surface area contributed by atoms with Gasteiger partial charge in [0.15, 0.2) is 5.69 Å². The summed E-state index contributed by atoms with van der Waals surface area (Å²) in [6, 6.07) is 2.97. The van der Waals surface area contributed by atoms with Crippen LogP contribution < -0.4 is 11.1 Å². The maximum atomic E-state index is 11.5. The molecule has 0 unspecified atom stereocenters. The number of nitrogens with one attached hydrogen (secondary N) is 1. The van der Waals surface area contributed by atoms with Crippen molar-refractivity contribution in [3.05, 3.63) is 24.0 Å². The number of hydrogen-bond donors (Lipinski definition) is 3. The molecule has 5 nitrogen and oxygen atoms in total. The number of aromatic hydroxyl groups is 1. The number of rotatable bonds is 3. The molecule has 0 aliphatic carbocycles. The number of carbonyl (C=O) groups excluding carboxylic acids is 1. The molecule has 1 aromatic rings. The number of nitrogens with zero attached hydrogens (tertiary/aromatic N) is 1. The monoisotopic (exact) mass is 245 g/mol. The van der Waals surface area contributed by atoms with Crippen LogP contribution in [0.15, 0.2) is 18.3 Å². The topological polar surface area (TPSA) is 88.2 Å². The van der Waals surface area contributed by atoms with Gasteiger partial charge in [0.1, 0.15) is 5.75 Å². The maximum Gasteiger partial charge on any atom is 0.273 e. The van der Waals surface area contributed by atoms with E-state index in [9.17, 15) is 9.90 Å². The van der Waals surface area contributed by atoms with E-state index >= 15 is 0 Å². The minimum absolute atomic E-state index is 0. The van der Waals surface area contributed by atoms with Crippen LogP contribution in [-0.4, -0.2) is 28.1 Å². The van der Waals surface area contributed by atoms with Gasteiger partial charge >= 0.3 is 0 Å². The third kappa shape index (κ3) is 4.46. The molecule has 0 aliphatic rings. The zero-order chi connectivity index (χ0) is 11.5. The van der Waals surface area contributed by atoms with Crippen molar-refractivity contribution in [2.45, 2.75) is 19.4 Å². The van der Waals surface area contributed by atoms with Crippen molar-refractivity contribution in [2.75, 3.05) is 6.54 Å². The first-order valence-electron chi connectivity index (χ1n) is 4.61. The second kappa shape index (κ2) is 5.67. The average molecular weight is 246 g/mol. The second-order valence-corrected chi connectivity index (χ2v) is 4.04. The fourth-order valence-electron chi connectivity index (χ4n) is 0.964. The van der Waals surface area contributed by atoms with E-state index in [1.807, 2.05) is 0 Å². The van der Waals surface area contributed by atoms with Crippen LogP contribution in [0.1, 0.15) is 24.3 Å². The summed E-state index contributed by atoms with van der Waals surface area (Å²) in [5.41, 5.74) is 5.23. The molecule has 4 N–H and O–H groups in total. The zero-order valence-electron chi connectivity index (χ0n) is 9.23. The normalized spacial score (nSPS) is 10.4. The van der Waals surface area contributed by atoms with Crippen LogP contribution in [0.25, 0.3) is 0 Å². The van der Waals surface area contributed by atoms with Crippen LogP contribution in [0.2, 0.25) is 0 Å². The molecule has 0 spiro atoms. The molecular weight excluding hydrogens is 230 g/mol. The summed E-state index contributed by atoms with van der Waals surface area (Å²) in [6.45, 7) is 3.92. The number of nitrogens with two attached hydrogens (primary N) is 1. The molecule has 1 amide bonds. The summed E-state index contributed by atoms with van der Waals surface area (Å²) >= 11 is 0. The second-order valence-electron chi connectivity index (χ2n) is 4.04. The van der Waals surface area contributed by atoms with Crippen molar-refractivity contribution in [3.8, 4) is 5.75 Å². The molecule has 0 aromatic carbocycles. The largest absolute Gasteiger partial charge is 0.505 e. The predicted molar refractivity (Wildman–Crippen MR) is 63.7 cm³/mol. The van der Waals surface area contributed by atoms with Gasteiger partial charge in [0.25, 0.3) is 5.91 Å². The van der Waals surface area contributed by atoms with E-state index in [-0.39, 0.29) is 23.9 Å². The van der Waals surface area contributed by atoms with Crippen molar-refractivity contribution >= 4 is 18.3 Å². The number of carbonyl (C=O) groups is 1. The molecule has 0 aliphatic heterocycles. The van der Waals surface area contributed by atoms with Gasteiger partial charge in [-0.15, -0.1) is 12.4 Å². The first kappa shape index (κ1) is 14.7. The standard InChI is InChI=1S/C10H15N3O2.ClH/c1-10(2,11)6-13-9(15)8-7(14)4-3-5-12-8;/h3-5,14H,6,11H2,1-2H3,(H,13,15);1H. The van der Waals surface area contributed by atoms with Crippen molar-refractivity contribution in [2.24, 2.45) is 5.73 Å². The van der Waals surface area contributed by atoms with Crippen molar-refractivity contribution in [1.29, 1.82) is 0 Å². The Bertz CT molecular complexity index is 363. The van der Waals surface area contributed by atoms with E-state index in [1.165, 1.54) is 12.3 Å². The van der Waals surface area contributed by atoms with Gasteiger partial charge in [-0.2, -0.15) is 0 Å². The Morgan fingerprint density at radius 3 is 2.75 bits per heavy atom. The summed E-state index contributed by atoms with van der Waals surface area (Å²) in [5.74, 6) is -0.559. The highest BCUT2D eigenvalue weighted by Gasteiger charge is 2.16. The number of aromatic nitrogens is 1. The first-order chi connectivity index (χ1) is 6.90. The highest BCUT2D eigenvalue weighted by molar-refractivity contribution is 5.94. The van der Waals surface area contributed by atoms with Gasteiger partial charge in [-0.1, -0.05) is 0 Å². The summed E-state index contributed by atoms with van der Waals surface area (Å²) < 4.78 is 0. The number of amides is 1. The number of pyridine rings is 1. The van der Waals surface area contributed by atoms with Crippen molar-refractivity contribution in [3.63, 3.8) is 0 Å². The zero-order valence-corrected chi connectivity index (χ0v) is 10.0. The van der Waals surface area contributed by atoms with Gasteiger partial charge in [0, 0.05) is 18.3 Å². The fraction of sp³-hybridized carbons (Fsp3) is 0.400. The van der Waals surface area contributed by atoms with Crippen LogP contribution in [0, 0.1) is 0 Å². The summed E-state index contributed by atoms with van der Waals surface area (Å²) in [7, 11) is 0. The molecule has 0 atom stereocenters. The fourth-order valence-corrected chi connectivity index (χ4v) is 0.964. The molecule has 0 fully saturated rings. The minimum atomic E-state index is -0.486. The molecule has 90 valence electrons. The number of hydrogen-bond acceptors (Lipinski definition) is 4. The lowest BCUT2D eigenvalue weighted by Gasteiger charge is -2.18. The molecule has 1 rings (SSSR count). The van der Waals surface area contributed by atoms with Crippen LogP contribution in [0.4, 0.5) is 0 Å². The lowest BCUT2D eigenvalue weighted by atomic mass is 10.1. The average Bonchev–Trinajstić information content (AvgIpc) is 2.14. The Kier molecular flexibility index (Phi) is 5.20. The molecule has 1 heterocycles. The Hall–Kier alpha value is -1.33. The Morgan fingerprint density at radius 2 is 2.25 bits per heavy atom. The van der Waals surface area contributed by atoms with Crippen LogP contribution >= 0.6 is 12.4 Å².